The molecule has 6 heteroatoms. The molecule has 1 aliphatic rings. The molecule has 18 heavy (non-hydrogen) atoms. The maximum atomic E-state index is 10.9. The lowest BCUT2D eigenvalue weighted by Crippen LogP contribution is -2.33. The van der Waals surface area contributed by atoms with Crippen LogP contribution < -0.4 is 20.7 Å². The number of hydrazine groups is 1. The average molecular weight is 252 g/mol. The van der Waals surface area contributed by atoms with Crippen LogP contribution in [0.4, 0.5) is 0 Å². The molecule has 3 N–H and O–H groups in total. The third kappa shape index (κ3) is 2.91. The third-order valence-corrected chi connectivity index (χ3v) is 2.65. The average Bonchev–Trinajstić information content (AvgIpc) is 2.39. The zero-order valence-electron chi connectivity index (χ0n) is 10.2. The second-order valence-electron chi connectivity index (χ2n) is 3.98. The summed E-state index contributed by atoms with van der Waals surface area (Å²) in [5.74, 6) is 6.07. The van der Waals surface area contributed by atoms with Gasteiger partial charge in [-0.25, -0.2) is 5.84 Å². The highest BCUT2D eigenvalue weighted by Crippen LogP contribution is 2.33. The quantitative estimate of drug-likeness (QED) is 0.456. The first-order valence-electron chi connectivity index (χ1n) is 5.67. The van der Waals surface area contributed by atoms with Gasteiger partial charge in [-0.2, -0.15) is 0 Å². The summed E-state index contributed by atoms with van der Waals surface area (Å²) in [5, 5.41) is 0. The second kappa shape index (κ2) is 5.70. The molecule has 0 spiro atoms. The molecule has 98 valence electrons. The molecule has 0 saturated heterocycles. The van der Waals surface area contributed by atoms with E-state index in [1.54, 1.807) is 0 Å². The Morgan fingerprint density at radius 1 is 1.39 bits per heavy atom. The third-order valence-electron chi connectivity index (χ3n) is 2.65. The van der Waals surface area contributed by atoms with E-state index in [0.29, 0.717) is 25.6 Å². The Morgan fingerprint density at radius 3 is 2.72 bits per heavy atom. The number of amides is 1. The van der Waals surface area contributed by atoms with Crippen molar-refractivity contribution in [2.24, 2.45) is 5.84 Å². The van der Waals surface area contributed by atoms with E-state index in [4.69, 9.17) is 20.1 Å². The van der Waals surface area contributed by atoms with E-state index >= 15 is 0 Å². The van der Waals surface area contributed by atoms with Crippen LogP contribution in [0.15, 0.2) is 12.1 Å². The van der Waals surface area contributed by atoms with Gasteiger partial charge in [0.15, 0.2) is 11.5 Å². The van der Waals surface area contributed by atoms with Crippen molar-refractivity contribution in [1.29, 1.82) is 0 Å². The molecular formula is C12H16N2O4. The fourth-order valence-electron chi connectivity index (χ4n) is 1.68. The van der Waals surface area contributed by atoms with E-state index in [1.807, 2.05) is 24.5 Å². The van der Waals surface area contributed by atoms with Crippen LogP contribution in [0.2, 0.25) is 0 Å². The number of benzene rings is 1. The molecule has 1 aliphatic heterocycles. The highest BCUT2D eigenvalue weighted by molar-refractivity contribution is 5.76. The summed E-state index contributed by atoms with van der Waals surface area (Å²) in [6, 6.07) is 3.79. The maximum absolute atomic E-state index is 10.9. The smallest absolute Gasteiger partial charge is 0.259 e. The molecule has 0 bridgehead atoms. The van der Waals surface area contributed by atoms with Gasteiger partial charge < -0.3 is 14.2 Å². The Labute approximate surface area is 105 Å². The standard InChI is InChI=1S/C12H16N2O4/c1-8-4-10-11(18-3-2-17-10)5-9(8)6-16-7-12(15)14-13/h4-5H,2-3,6-7,13H2,1H3,(H,14,15). The van der Waals surface area contributed by atoms with Gasteiger partial charge in [-0.05, 0) is 30.2 Å². The summed E-state index contributed by atoms with van der Waals surface area (Å²) in [5.41, 5.74) is 4.00. The fraction of sp³-hybridized carbons (Fsp3) is 0.417. The van der Waals surface area contributed by atoms with Gasteiger partial charge in [0.1, 0.15) is 19.8 Å². The Kier molecular flexibility index (Phi) is 4.01. The monoisotopic (exact) mass is 252 g/mol. The molecule has 0 saturated carbocycles. The van der Waals surface area contributed by atoms with E-state index in [0.717, 1.165) is 16.9 Å². The largest absolute Gasteiger partial charge is 0.486 e. The van der Waals surface area contributed by atoms with Gasteiger partial charge >= 0.3 is 0 Å². The number of nitrogens with two attached hydrogens (primary N) is 1. The van der Waals surface area contributed by atoms with Crippen molar-refractivity contribution in [2.75, 3.05) is 19.8 Å². The summed E-state index contributed by atoms with van der Waals surface area (Å²) in [7, 11) is 0. The number of hydrogen-bond donors (Lipinski definition) is 2. The summed E-state index contributed by atoms with van der Waals surface area (Å²) in [6.07, 6.45) is 0. The molecule has 0 aliphatic carbocycles. The zero-order valence-corrected chi connectivity index (χ0v) is 10.2. The number of fused-ring (bicyclic) bond motifs is 1. The van der Waals surface area contributed by atoms with Crippen LogP contribution in [0.5, 0.6) is 11.5 Å². The topological polar surface area (TPSA) is 82.8 Å². The highest BCUT2D eigenvalue weighted by Gasteiger charge is 2.14. The van der Waals surface area contributed by atoms with Crippen molar-refractivity contribution in [3.05, 3.63) is 23.3 Å². The van der Waals surface area contributed by atoms with Crippen molar-refractivity contribution < 1.29 is 19.0 Å². The molecular weight excluding hydrogens is 236 g/mol. The summed E-state index contributed by atoms with van der Waals surface area (Å²) in [6.45, 7) is 3.34. The second-order valence-corrected chi connectivity index (χ2v) is 3.98. The van der Waals surface area contributed by atoms with E-state index in [-0.39, 0.29) is 12.5 Å². The molecule has 1 amide bonds. The van der Waals surface area contributed by atoms with Crippen LogP contribution in [0, 0.1) is 6.92 Å². The number of rotatable bonds is 4. The summed E-state index contributed by atoms with van der Waals surface area (Å²) in [4.78, 5) is 10.9. The highest BCUT2D eigenvalue weighted by atomic mass is 16.6. The maximum Gasteiger partial charge on any atom is 0.259 e. The van der Waals surface area contributed by atoms with Crippen molar-refractivity contribution in [3.8, 4) is 11.5 Å². The predicted octanol–water partition coefficient (Wildman–Crippen LogP) is 0.273. The number of carbonyl (C=O) groups excluding carboxylic acids is 1. The number of hydrogen-bond acceptors (Lipinski definition) is 5. The molecule has 6 nitrogen and oxygen atoms in total. The SMILES string of the molecule is Cc1cc2c(cc1COCC(=O)NN)OCCO2. The van der Waals surface area contributed by atoms with Crippen LogP contribution in [-0.2, 0) is 16.1 Å². The molecule has 2 rings (SSSR count). The first-order valence-corrected chi connectivity index (χ1v) is 5.67. The molecule has 0 aromatic heterocycles. The molecule has 1 aromatic rings. The van der Waals surface area contributed by atoms with Crippen molar-refractivity contribution >= 4 is 5.91 Å². The van der Waals surface area contributed by atoms with E-state index < -0.39 is 0 Å². The first kappa shape index (κ1) is 12.7. The number of ether oxygens (including phenoxy) is 3. The molecule has 0 radical (unpaired) electrons. The van der Waals surface area contributed by atoms with Gasteiger partial charge in [-0.1, -0.05) is 0 Å². The number of carbonyl (C=O) groups is 1. The molecule has 1 aromatic carbocycles. The van der Waals surface area contributed by atoms with Crippen LogP contribution in [0.1, 0.15) is 11.1 Å². The predicted molar refractivity (Wildman–Crippen MR) is 64.2 cm³/mol. The number of nitrogens with one attached hydrogen (secondary N) is 1. The summed E-state index contributed by atoms with van der Waals surface area (Å²) >= 11 is 0. The van der Waals surface area contributed by atoms with Gasteiger partial charge in [-0.15, -0.1) is 0 Å². The Morgan fingerprint density at radius 2 is 2.06 bits per heavy atom. The van der Waals surface area contributed by atoms with Crippen LogP contribution >= 0.6 is 0 Å². The van der Waals surface area contributed by atoms with E-state index in [1.165, 1.54) is 0 Å². The van der Waals surface area contributed by atoms with Gasteiger partial charge in [0.2, 0.25) is 0 Å². The van der Waals surface area contributed by atoms with E-state index in [2.05, 4.69) is 0 Å². The Bertz CT molecular complexity index is 448. The van der Waals surface area contributed by atoms with Crippen molar-refractivity contribution in [3.63, 3.8) is 0 Å². The Hall–Kier alpha value is -1.79. The fourth-order valence-corrected chi connectivity index (χ4v) is 1.68. The van der Waals surface area contributed by atoms with Crippen LogP contribution in [0.25, 0.3) is 0 Å². The minimum absolute atomic E-state index is 0.0651. The lowest BCUT2D eigenvalue weighted by Gasteiger charge is -2.20. The van der Waals surface area contributed by atoms with Gasteiger partial charge in [0.05, 0.1) is 6.61 Å². The minimum atomic E-state index is -0.356. The van der Waals surface area contributed by atoms with E-state index in [9.17, 15) is 4.79 Å². The lowest BCUT2D eigenvalue weighted by molar-refractivity contribution is -0.126. The normalized spacial score (nSPS) is 13.2. The van der Waals surface area contributed by atoms with Crippen molar-refractivity contribution in [1.82, 2.24) is 5.43 Å². The molecule has 0 atom stereocenters. The first-order chi connectivity index (χ1) is 8.70. The van der Waals surface area contributed by atoms with Crippen LogP contribution in [0.3, 0.4) is 0 Å². The molecule has 0 unspecified atom stereocenters. The number of aryl methyl sites for hydroxylation is 1. The van der Waals surface area contributed by atoms with Gasteiger partial charge in [-0.3, -0.25) is 10.2 Å². The van der Waals surface area contributed by atoms with Crippen LogP contribution in [-0.4, -0.2) is 25.7 Å². The van der Waals surface area contributed by atoms with Gasteiger partial charge in [0.25, 0.3) is 5.91 Å². The summed E-state index contributed by atoms with van der Waals surface area (Å²) < 4.78 is 16.2. The lowest BCUT2D eigenvalue weighted by atomic mass is 10.1. The molecule has 1 heterocycles. The van der Waals surface area contributed by atoms with Crippen molar-refractivity contribution in [2.45, 2.75) is 13.5 Å². The molecule has 0 fully saturated rings. The zero-order chi connectivity index (χ0) is 13.0. The van der Waals surface area contributed by atoms with Gasteiger partial charge in [0, 0.05) is 0 Å². The Balaban J connectivity index is 2.02. The minimum Gasteiger partial charge on any atom is -0.486 e.